The van der Waals surface area contributed by atoms with Crippen LogP contribution in [0.25, 0.3) is 55.3 Å². The smallest absolute Gasteiger partial charge is 0.0540 e. The topological polar surface area (TPSA) is 3.24 Å². The van der Waals surface area contributed by atoms with Crippen LogP contribution in [0, 0.1) is 0 Å². The number of fused-ring (bicyclic) bond motifs is 4. The Morgan fingerprint density at radius 1 is 0.360 bits per heavy atom. The Morgan fingerprint density at radius 2 is 0.940 bits per heavy atom. The quantitative estimate of drug-likeness (QED) is 0.175. The lowest BCUT2D eigenvalue weighted by Crippen LogP contribution is -2.17. The second kappa shape index (κ2) is 12.1. The molecule has 0 aromatic heterocycles. The summed E-state index contributed by atoms with van der Waals surface area (Å²) < 4.78 is 0. The van der Waals surface area contributed by atoms with Crippen molar-refractivity contribution < 1.29 is 0 Å². The van der Waals surface area contributed by atoms with Gasteiger partial charge < -0.3 is 4.90 Å². The SMILES string of the molecule is CC1(C)c2ccccc2-c2ccc(N(c3ccc(-c4cccc5ccccc45)cc3)c3ccc(-c4ccccc4)cc3-c3ccccc3)cc21. The summed E-state index contributed by atoms with van der Waals surface area (Å²) in [6.07, 6.45) is 0. The fourth-order valence-corrected chi connectivity index (χ4v) is 7.92. The van der Waals surface area contributed by atoms with Gasteiger partial charge in [0.1, 0.15) is 0 Å². The van der Waals surface area contributed by atoms with E-state index in [9.17, 15) is 0 Å². The number of nitrogens with zero attached hydrogens (tertiary/aromatic N) is 1. The van der Waals surface area contributed by atoms with E-state index in [0.717, 1.165) is 17.1 Å². The fraction of sp³-hybridized carbons (Fsp3) is 0.0612. The Labute approximate surface area is 294 Å². The minimum absolute atomic E-state index is 0.106. The summed E-state index contributed by atoms with van der Waals surface area (Å²) >= 11 is 0. The van der Waals surface area contributed by atoms with Crippen molar-refractivity contribution in [2.24, 2.45) is 0 Å². The molecule has 1 heteroatoms. The van der Waals surface area contributed by atoms with Crippen molar-refractivity contribution in [1.82, 2.24) is 0 Å². The molecule has 0 bridgehead atoms. The van der Waals surface area contributed by atoms with E-state index < -0.39 is 0 Å². The first-order valence-electron chi connectivity index (χ1n) is 17.4. The molecule has 0 fully saturated rings. The van der Waals surface area contributed by atoms with Gasteiger partial charge in [0.15, 0.2) is 0 Å². The molecule has 1 aliphatic rings. The summed E-state index contributed by atoms with van der Waals surface area (Å²) in [5, 5.41) is 2.52. The summed E-state index contributed by atoms with van der Waals surface area (Å²) in [4.78, 5) is 2.45. The molecule has 0 saturated carbocycles. The van der Waals surface area contributed by atoms with Gasteiger partial charge in [-0.1, -0.05) is 166 Å². The number of hydrogen-bond donors (Lipinski definition) is 0. The van der Waals surface area contributed by atoms with Gasteiger partial charge >= 0.3 is 0 Å². The molecule has 0 spiro atoms. The van der Waals surface area contributed by atoms with Gasteiger partial charge in [0.2, 0.25) is 0 Å². The summed E-state index contributed by atoms with van der Waals surface area (Å²) in [6, 6.07) is 68.6. The molecule has 8 aromatic carbocycles. The molecular weight excluding hydrogens is 603 g/mol. The lowest BCUT2D eigenvalue weighted by atomic mass is 9.82. The lowest BCUT2D eigenvalue weighted by molar-refractivity contribution is 0.660. The van der Waals surface area contributed by atoms with Crippen LogP contribution < -0.4 is 4.90 Å². The van der Waals surface area contributed by atoms with Crippen molar-refractivity contribution in [2.45, 2.75) is 19.3 Å². The van der Waals surface area contributed by atoms with Crippen molar-refractivity contribution in [3.63, 3.8) is 0 Å². The Balaban J connectivity index is 1.25. The van der Waals surface area contributed by atoms with Crippen molar-refractivity contribution in [1.29, 1.82) is 0 Å². The van der Waals surface area contributed by atoms with Crippen molar-refractivity contribution in [2.75, 3.05) is 4.90 Å². The minimum atomic E-state index is -0.106. The molecule has 238 valence electrons. The largest absolute Gasteiger partial charge is 0.310 e. The predicted octanol–water partition coefficient (Wildman–Crippen LogP) is 13.6. The van der Waals surface area contributed by atoms with E-state index in [0.29, 0.717) is 0 Å². The van der Waals surface area contributed by atoms with E-state index in [1.165, 1.54) is 66.4 Å². The summed E-state index contributed by atoms with van der Waals surface area (Å²) in [5.74, 6) is 0. The van der Waals surface area contributed by atoms with Gasteiger partial charge in [-0.25, -0.2) is 0 Å². The third kappa shape index (κ3) is 5.02. The number of rotatable bonds is 6. The maximum absolute atomic E-state index is 2.45. The van der Waals surface area contributed by atoms with Crippen LogP contribution in [-0.2, 0) is 5.41 Å². The second-order valence-corrected chi connectivity index (χ2v) is 13.8. The zero-order chi connectivity index (χ0) is 33.7. The van der Waals surface area contributed by atoms with Crippen LogP contribution in [0.15, 0.2) is 188 Å². The molecule has 1 aliphatic carbocycles. The van der Waals surface area contributed by atoms with E-state index in [1.54, 1.807) is 0 Å². The van der Waals surface area contributed by atoms with Crippen LogP contribution in [0.3, 0.4) is 0 Å². The van der Waals surface area contributed by atoms with Crippen molar-refractivity contribution >= 4 is 27.8 Å². The van der Waals surface area contributed by atoms with Gasteiger partial charge in [-0.15, -0.1) is 0 Å². The Bertz CT molecular complexity index is 2490. The van der Waals surface area contributed by atoms with E-state index >= 15 is 0 Å². The van der Waals surface area contributed by atoms with Crippen LogP contribution in [0.1, 0.15) is 25.0 Å². The number of hydrogen-bond acceptors (Lipinski definition) is 1. The average Bonchev–Trinajstić information content (AvgIpc) is 3.41. The predicted molar refractivity (Wildman–Crippen MR) is 213 cm³/mol. The third-order valence-corrected chi connectivity index (χ3v) is 10.5. The molecule has 9 rings (SSSR count). The molecule has 0 radical (unpaired) electrons. The van der Waals surface area contributed by atoms with Crippen LogP contribution in [-0.4, -0.2) is 0 Å². The van der Waals surface area contributed by atoms with Gasteiger partial charge in [0.25, 0.3) is 0 Å². The van der Waals surface area contributed by atoms with Gasteiger partial charge in [-0.05, 0) is 97.2 Å². The van der Waals surface area contributed by atoms with E-state index in [4.69, 9.17) is 0 Å². The van der Waals surface area contributed by atoms with Gasteiger partial charge in [-0.2, -0.15) is 0 Å². The molecule has 0 unspecified atom stereocenters. The molecular formula is C49H37N. The molecule has 0 aliphatic heterocycles. The second-order valence-electron chi connectivity index (χ2n) is 13.8. The highest BCUT2D eigenvalue weighted by Gasteiger charge is 2.35. The summed E-state index contributed by atoms with van der Waals surface area (Å²) in [6.45, 7) is 4.71. The Morgan fingerprint density at radius 3 is 1.74 bits per heavy atom. The zero-order valence-electron chi connectivity index (χ0n) is 28.3. The Hall–Kier alpha value is -6.18. The minimum Gasteiger partial charge on any atom is -0.310 e. The van der Waals surface area contributed by atoms with Crippen LogP contribution in [0.5, 0.6) is 0 Å². The summed E-state index contributed by atoms with van der Waals surface area (Å²) in [5.41, 5.74) is 15.9. The standard InChI is InChI=1S/C49H37N/c1-49(2)46-23-12-11-21-43(46)44-30-29-40(33-47(44)49)50(39-27-24-37(25-28-39)42-22-13-19-35-18-9-10-20-41(35)42)48-31-26-38(34-14-5-3-6-15-34)32-45(48)36-16-7-4-8-17-36/h3-33H,1-2H3. The molecule has 0 heterocycles. The van der Waals surface area contributed by atoms with Gasteiger partial charge in [0.05, 0.1) is 5.69 Å². The van der Waals surface area contributed by atoms with E-state index in [-0.39, 0.29) is 5.41 Å². The average molecular weight is 640 g/mol. The van der Waals surface area contributed by atoms with Crippen LogP contribution in [0.4, 0.5) is 17.1 Å². The molecule has 0 saturated heterocycles. The normalized spacial score (nSPS) is 12.8. The maximum Gasteiger partial charge on any atom is 0.0540 e. The summed E-state index contributed by atoms with van der Waals surface area (Å²) in [7, 11) is 0. The zero-order valence-corrected chi connectivity index (χ0v) is 28.3. The number of benzene rings is 8. The highest BCUT2D eigenvalue weighted by atomic mass is 15.1. The molecule has 1 nitrogen and oxygen atoms in total. The van der Waals surface area contributed by atoms with Gasteiger partial charge in [-0.3, -0.25) is 0 Å². The van der Waals surface area contributed by atoms with E-state index in [2.05, 4.69) is 207 Å². The van der Waals surface area contributed by atoms with Gasteiger partial charge in [0, 0.05) is 22.4 Å². The highest BCUT2D eigenvalue weighted by molar-refractivity contribution is 5.97. The molecule has 0 atom stereocenters. The van der Waals surface area contributed by atoms with Crippen LogP contribution in [0.2, 0.25) is 0 Å². The van der Waals surface area contributed by atoms with Crippen molar-refractivity contribution in [3.05, 3.63) is 199 Å². The highest BCUT2D eigenvalue weighted by Crippen LogP contribution is 2.51. The fourth-order valence-electron chi connectivity index (χ4n) is 7.92. The number of anilines is 3. The molecule has 8 aromatic rings. The lowest BCUT2D eigenvalue weighted by Gasteiger charge is -2.30. The molecule has 50 heavy (non-hydrogen) atoms. The Kier molecular flexibility index (Phi) is 7.21. The first kappa shape index (κ1) is 29.9. The van der Waals surface area contributed by atoms with Crippen LogP contribution >= 0.6 is 0 Å². The molecule has 0 amide bonds. The molecule has 0 N–H and O–H groups in total. The first-order valence-corrected chi connectivity index (χ1v) is 17.4. The maximum atomic E-state index is 2.45. The monoisotopic (exact) mass is 639 g/mol. The third-order valence-electron chi connectivity index (χ3n) is 10.5. The van der Waals surface area contributed by atoms with E-state index in [1.807, 2.05) is 0 Å². The van der Waals surface area contributed by atoms with Crippen molar-refractivity contribution in [3.8, 4) is 44.5 Å². The first-order chi connectivity index (χ1) is 24.6.